The third-order valence-electron chi connectivity index (χ3n) is 6.77. The summed E-state index contributed by atoms with van der Waals surface area (Å²) in [6.45, 7) is 5.89. The van der Waals surface area contributed by atoms with Gasteiger partial charge in [0, 0.05) is 15.7 Å². The zero-order chi connectivity index (χ0) is 32.1. The lowest BCUT2D eigenvalue weighted by atomic mass is 9.95. The van der Waals surface area contributed by atoms with Gasteiger partial charge >= 0.3 is 5.97 Å². The number of anilines is 1. The van der Waals surface area contributed by atoms with Gasteiger partial charge in [0.15, 0.2) is 11.4 Å². The number of nitrogens with one attached hydrogen (secondary N) is 1. The lowest BCUT2D eigenvalue weighted by Gasteiger charge is -2.25. The predicted molar refractivity (Wildman–Crippen MR) is 185 cm³/mol. The lowest BCUT2D eigenvalue weighted by molar-refractivity contribution is -0.145. The summed E-state index contributed by atoms with van der Waals surface area (Å²) in [7, 11) is 0. The van der Waals surface area contributed by atoms with Crippen molar-refractivity contribution in [3.05, 3.63) is 117 Å². The van der Waals surface area contributed by atoms with Crippen molar-refractivity contribution < 1.29 is 23.8 Å². The third-order valence-corrected chi connectivity index (χ3v) is 9.01. The molecule has 9 nitrogen and oxygen atoms in total. The molecule has 1 amide bonds. The number of benzene rings is 3. The van der Waals surface area contributed by atoms with E-state index in [1.54, 1.807) is 36.6 Å². The molecule has 0 aliphatic carbocycles. The van der Waals surface area contributed by atoms with Gasteiger partial charge in [0.25, 0.3) is 11.5 Å². The molecule has 1 atom stereocenters. The Balaban J connectivity index is 1.64. The van der Waals surface area contributed by atoms with Crippen molar-refractivity contribution in [2.45, 2.75) is 26.8 Å². The summed E-state index contributed by atoms with van der Waals surface area (Å²) >= 11 is 6.86. The number of hydrogen-bond donors (Lipinski definition) is 1. The van der Waals surface area contributed by atoms with Gasteiger partial charge in [0.1, 0.15) is 11.5 Å². The van der Waals surface area contributed by atoms with E-state index < -0.39 is 12.0 Å². The van der Waals surface area contributed by atoms with Crippen LogP contribution in [0.15, 0.2) is 92.3 Å². The quantitative estimate of drug-likeness (QED) is 0.166. The molecular weight excluding hydrogens is 773 g/mol. The van der Waals surface area contributed by atoms with Crippen LogP contribution < -0.4 is 29.7 Å². The molecule has 3 aromatic carbocycles. The molecule has 12 heteroatoms. The highest BCUT2D eigenvalue weighted by Crippen LogP contribution is 2.33. The van der Waals surface area contributed by atoms with Gasteiger partial charge in [-0.2, -0.15) is 0 Å². The summed E-state index contributed by atoms with van der Waals surface area (Å²) in [6.07, 6.45) is 1.72. The van der Waals surface area contributed by atoms with Crippen molar-refractivity contribution in [3.8, 4) is 11.5 Å². The molecule has 45 heavy (non-hydrogen) atoms. The van der Waals surface area contributed by atoms with Gasteiger partial charge in [-0.25, -0.2) is 9.79 Å². The van der Waals surface area contributed by atoms with Crippen LogP contribution in [0, 0.1) is 3.57 Å². The number of aromatic nitrogens is 1. The molecular formula is C33H29BrIN3O6S. The lowest BCUT2D eigenvalue weighted by Crippen LogP contribution is -2.40. The van der Waals surface area contributed by atoms with Crippen molar-refractivity contribution in [2.75, 3.05) is 25.1 Å². The van der Waals surface area contributed by atoms with E-state index in [1.165, 1.54) is 11.3 Å². The van der Waals surface area contributed by atoms with Crippen LogP contribution in [0.25, 0.3) is 6.08 Å². The zero-order valence-corrected chi connectivity index (χ0v) is 29.2. The first kappa shape index (κ1) is 32.6. The molecule has 0 saturated heterocycles. The molecule has 1 aliphatic heterocycles. The average Bonchev–Trinajstić information content (AvgIpc) is 3.31. The van der Waals surface area contributed by atoms with E-state index in [1.807, 2.05) is 61.5 Å². The van der Waals surface area contributed by atoms with Crippen LogP contribution in [0.2, 0.25) is 0 Å². The number of rotatable bonds is 10. The minimum absolute atomic E-state index is 0.244. The van der Waals surface area contributed by atoms with Crippen LogP contribution in [0.5, 0.6) is 11.5 Å². The highest BCUT2D eigenvalue weighted by Gasteiger charge is 2.32. The summed E-state index contributed by atoms with van der Waals surface area (Å²) in [5, 5.41) is 2.96. The topological polar surface area (TPSA) is 108 Å². The Morgan fingerprint density at radius 1 is 1.07 bits per heavy atom. The normalized spacial score (nSPS) is 14.4. The second kappa shape index (κ2) is 14.6. The molecule has 4 aromatic rings. The van der Waals surface area contributed by atoms with Gasteiger partial charge in [-0.3, -0.25) is 14.2 Å². The van der Waals surface area contributed by atoms with E-state index in [4.69, 9.17) is 19.2 Å². The third kappa shape index (κ3) is 7.39. The van der Waals surface area contributed by atoms with Crippen LogP contribution in [-0.2, 0) is 14.3 Å². The molecule has 1 N–H and O–H groups in total. The maximum atomic E-state index is 14.2. The molecule has 232 valence electrons. The fourth-order valence-corrected chi connectivity index (χ4v) is 7.62. The van der Waals surface area contributed by atoms with Crippen LogP contribution in [0.1, 0.15) is 37.9 Å². The summed E-state index contributed by atoms with van der Waals surface area (Å²) in [5.74, 6) is 0.282. The first-order valence-electron chi connectivity index (χ1n) is 14.1. The van der Waals surface area contributed by atoms with Gasteiger partial charge in [-0.05, 0) is 91.4 Å². The monoisotopic (exact) mass is 801 g/mol. The Kier molecular flexibility index (Phi) is 10.6. The maximum Gasteiger partial charge on any atom is 0.344 e. The number of carbonyl (C=O) groups excluding carboxylic acids is 2. The SMILES string of the molecule is CCOC(=O)COc1c(I)cc(Br)cc1/C=c1\sc2n(c1=O)[C@@H](c1ccc(OCC)cc1)C(C(=O)Nc1ccccc1)=C(C)N=2. The number of nitrogens with zero attached hydrogens (tertiary/aromatic N) is 2. The second-order valence-corrected chi connectivity index (χ2v) is 12.9. The predicted octanol–water partition coefficient (Wildman–Crippen LogP) is 5.58. The second-order valence-electron chi connectivity index (χ2n) is 9.80. The standard InChI is InChI=1S/C33H29BrIN3O6S/c1-4-42-24-13-11-20(12-14-24)29-28(31(40)37-23-9-7-6-8-10-23)19(3)36-33-38(29)32(41)26(45-33)16-21-15-22(34)17-25(35)30(21)44-18-27(39)43-5-2/h6-17,29H,4-5,18H2,1-3H3,(H,37,40)/b26-16-/t29-/m0/s1. The molecule has 2 heterocycles. The van der Waals surface area contributed by atoms with E-state index in [2.05, 4.69) is 43.8 Å². The summed E-state index contributed by atoms with van der Waals surface area (Å²) in [6, 6.07) is 19.4. The zero-order valence-electron chi connectivity index (χ0n) is 24.6. The first-order valence-corrected chi connectivity index (χ1v) is 16.8. The minimum atomic E-state index is -0.745. The Morgan fingerprint density at radius 2 is 1.80 bits per heavy atom. The van der Waals surface area contributed by atoms with Crippen molar-refractivity contribution in [1.29, 1.82) is 0 Å². The van der Waals surface area contributed by atoms with Gasteiger partial charge in [-0.15, -0.1) is 0 Å². The number of carbonyl (C=O) groups is 2. The largest absolute Gasteiger partial charge is 0.494 e. The number of amides is 1. The molecule has 0 unspecified atom stereocenters. The molecule has 0 radical (unpaired) electrons. The molecule has 1 aliphatic rings. The van der Waals surface area contributed by atoms with Crippen LogP contribution >= 0.6 is 49.9 Å². The Hall–Kier alpha value is -3.75. The molecule has 1 aromatic heterocycles. The summed E-state index contributed by atoms with van der Waals surface area (Å²) in [4.78, 5) is 45.2. The smallest absolute Gasteiger partial charge is 0.344 e. The van der Waals surface area contributed by atoms with Crippen LogP contribution in [-0.4, -0.2) is 36.3 Å². The fraction of sp³-hybridized carbons (Fsp3) is 0.212. The number of ether oxygens (including phenoxy) is 3. The van der Waals surface area contributed by atoms with E-state index in [-0.39, 0.29) is 24.7 Å². The van der Waals surface area contributed by atoms with Gasteiger partial charge < -0.3 is 19.5 Å². The number of thiazole rings is 1. The molecule has 5 rings (SSSR count). The highest BCUT2D eigenvalue weighted by atomic mass is 127. The van der Waals surface area contributed by atoms with Crippen LogP contribution in [0.3, 0.4) is 0 Å². The number of fused-ring (bicyclic) bond motifs is 1. The van der Waals surface area contributed by atoms with Crippen LogP contribution in [0.4, 0.5) is 5.69 Å². The molecule has 0 fully saturated rings. The van der Waals surface area contributed by atoms with Gasteiger partial charge in [0.05, 0.1) is 38.6 Å². The summed E-state index contributed by atoms with van der Waals surface area (Å²) < 4.78 is 20.0. The number of para-hydroxylation sites is 1. The van der Waals surface area contributed by atoms with E-state index in [9.17, 15) is 14.4 Å². The maximum absolute atomic E-state index is 14.2. The van der Waals surface area contributed by atoms with Crippen molar-refractivity contribution >= 4 is 73.5 Å². The Labute approximate surface area is 285 Å². The fourth-order valence-electron chi connectivity index (χ4n) is 4.87. The number of halogens is 2. The number of hydrogen-bond acceptors (Lipinski definition) is 8. The Bertz CT molecular complexity index is 1950. The van der Waals surface area contributed by atoms with Gasteiger partial charge in [-0.1, -0.05) is 57.6 Å². The van der Waals surface area contributed by atoms with Crippen molar-refractivity contribution in [3.63, 3.8) is 0 Å². The van der Waals surface area contributed by atoms with Crippen molar-refractivity contribution in [1.82, 2.24) is 4.57 Å². The number of allylic oxidation sites excluding steroid dienone is 1. The van der Waals surface area contributed by atoms with E-state index in [0.717, 1.165) is 13.6 Å². The Morgan fingerprint density at radius 3 is 2.49 bits per heavy atom. The minimum Gasteiger partial charge on any atom is -0.494 e. The van der Waals surface area contributed by atoms with E-state index >= 15 is 0 Å². The van der Waals surface area contributed by atoms with Crippen molar-refractivity contribution in [2.24, 2.45) is 4.99 Å². The number of esters is 1. The molecule has 0 spiro atoms. The highest BCUT2D eigenvalue weighted by molar-refractivity contribution is 14.1. The molecule has 0 bridgehead atoms. The summed E-state index contributed by atoms with van der Waals surface area (Å²) in [5.41, 5.74) is 2.50. The molecule has 0 saturated carbocycles. The average molecular weight is 802 g/mol. The first-order chi connectivity index (χ1) is 21.7. The van der Waals surface area contributed by atoms with E-state index in [0.29, 0.717) is 50.0 Å². The van der Waals surface area contributed by atoms with Gasteiger partial charge in [0.2, 0.25) is 0 Å².